The quantitative estimate of drug-likeness (QED) is 0.524. The van der Waals surface area contributed by atoms with Crippen LogP contribution in [0.1, 0.15) is 10.5 Å². The van der Waals surface area contributed by atoms with Crippen LogP contribution in [0, 0.1) is 0 Å². The van der Waals surface area contributed by atoms with Gasteiger partial charge in [-0.15, -0.1) is 0 Å². The Balaban J connectivity index is 1.41. The third-order valence-corrected chi connectivity index (χ3v) is 4.72. The number of benzene rings is 2. The third kappa shape index (κ3) is 3.36. The second-order valence-corrected chi connectivity index (χ2v) is 6.45. The highest BCUT2D eigenvalue weighted by Gasteiger charge is 2.13. The van der Waals surface area contributed by atoms with Crippen molar-refractivity contribution >= 4 is 27.7 Å². The van der Waals surface area contributed by atoms with Crippen molar-refractivity contribution in [2.45, 2.75) is 0 Å². The third-order valence-electron chi connectivity index (χ3n) is 4.72. The first-order valence-electron chi connectivity index (χ1n) is 9.05. The van der Waals surface area contributed by atoms with E-state index in [-0.39, 0.29) is 5.91 Å². The summed E-state index contributed by atoms with van der Waals surface area (Å²) in [6.07, 6.45) is 1.74. The largest absolute Gasteiger partial charge is 0.497 e. The Kier molecular flexibility index (Phi) is 4.85. The lowest BCUT2D eigenvalue weighted by Crippen LogP contribution is -2.29. The summed E-state index contributed by atoms with van der Waals surface area (Å²) in [7, 11) is 3.51. The van der Waals surface area contributed by atoms with Gasteiger partial charge in [0.05, 0.1) is 13.7 Å². The highest BCUT2D eigenvalue weighted by Crippen LogP contribution is 2.24. The number of aryl methyl sites for hydroxylation is 1. The van der Waals surface area contributed by atoms with Gasteiger partial charge in [0.2, 0.25) is 0 Å². The number of hydrogen-bond donors (Lipinski definition) is 1. The summed E-state index contributed by atoms with van der Waals surface area (Å²) in [5.74, 6) is 1.34. The van der Waals surface area contributed by atoms with Crippen LogP contribution in [0.4, 0.5) is 0 Å². The minimum absolute atomic E-state index is 0.141. The minimum atomic E-state index is -0.141. The molecule has 28 heavy (non-hydrogen) atoms. The van der Waals surface area contributed by atoms with Crippen LogP contribution in [0.3, 0.4) is 0 Å². The summed E-state index contributed by atoms with van der Waals surface area (Å²) >= 11 is 0. The average Bonchev–Trinajstić information content (AvgIpc) is 3.07. The molecular weight excluding hydrogens is 354 g/mol. The molecule has 0 fully saturated rings. The van der Waals surface area contributed by atoms with Gasteiger partial charge in [-0.3, -0.25) is 9.78 Å². The van der Waals surface area contributed by atoms with E-state index in [1.807, 2.05) is 66.2 Å². The number of methoxy groups -OCH3 is 1. The first-order valence-corrected chi connectivity index (χ1v) is 9.05. The summed E-state index contributed by atoms with van der Waals surface area (Å²) in [5, 5.41) is 4.90. The number of ether oxygens (including phenoxy) is 2. The van der Waals surface area contributed by atoms with Gasteiger partial charge in [-0.2, -0.15) is 0 Å². The van der Waals surface area contributed by atoms with Crippen LogP contribution in [-0.2, 0) is 7.05 Å². The molecule has 0 unspecified atom stereocenters. The van der Waals surface area contributed by atoms with Crippen LogP contribution in [0.5, 0.6) is 11.5 Å². The number of aromatic nitrogens is 2. The van der Waals surface area contributed by atoms with Gasteiger partial charge in [-0.05, 0) is 36.4 Å². The lowest BCUT2D eigenvalue weighted by Gasteiger charge is -2.10. The van der Waals surface area contributed by atoms with E-state index in [0.29, 0.717) is 24.6 Å². The van der Waals surface area contributed by atoms with Crippen LogP contribution in [0.25, 0.3) is 21.8 Å². The van der Waals surface area contributed by atoms with Crippen LogP contribution in [0.15, 0.2) is 60.8 Å². The number of nitrogens with one attached hydrogen (secondary N) is 1. The molecule has 4 rings (SSSR count). The van der Waals surface area contributed by atoms with Crippen molar-refractivity contribution in [2.24, 2.45) is 7.05 Å². The SMILES string of the molecule is COc1ccc2c(c1)cc(C(=O)NCCOc1cccc3cccnc13)n2C. The Bertz CT molecular complexity index is 1150. The van der Waals surface area contributed by atoms with E-state index in [1.54, 1.807) is 13.3 Å². The van der Waals surface area contributed by atoms with E-state index in [9.17, 15) is 4.79 Å². The number of carbonyl (C=O) groups excluding carboxylic acids is 1. The van der Waals surface area contributed by atoms with Gasteiger partial charge in [-0.25, -0.2) is 0 Å². The van der Waals surface area contributed by atoms with E-state index in [1.165, 1.54) is 0 Å². The van der Waals surface area contributed by atoms with Crippen molar-refractivity contribution in [3.05, 3.63) is 66.5 Å². The molecule has 2 heterocycles. The van der Waals surface area contributed by atoms with E-state index in [0.717, 1.165) is 27.6 Å². The van der Waals surface area contributed by atoms with Gasteiger partial charge in [-0.1, -0.05) is 18.2 Å². The number of nitrogens with zero attached hydrogens (tertiary/aromatic N) is 2. The van der Waals surface area contributed by atoms with Crippen molar-refractivity contribution in [2.75, 3.05) is 20.3 Å². The Hall–Kier alpha value is -3.54. The normalized spacial score (nSPS) is 10.9. The Morgan fingerprint density at radius 1 is 1.11 bits per heavy atom. The maximum absolute atomic E-state index is 12.6. The van der Waals surface area contributed by atoms with Crippen LogP contribution >= 0.6 is 0 Å². The standard InChI is InChI=1S/C22H21N3O3/c1-25-18-9-8-17(27-2)13-16(18)14-19(25)22(26)24-11-12-28-20-7-3-5-15-6-4-10-23-21(15)20/h3-10,13-14H,11-12H2,1-2H3,(H,24,26). The van der Waals surface area contributed by atoms with Crippen molar-refractivity contribution in [3.8, 4) is 11.5 Å². The molecule has 2 aromatic heterocycles. The molecule has 142 valence electrons. The summed E-state index contributed by atoms with van der Waals surface area (Å²) in [6.45, 7) is 0.756. The topological polar surface area (TPSA) is 65.4 Å². The molecule has 1 amide bonds. The molecule has 1 N–H and O–H groups in total. The second-order valence-electron chi connectivity index (χ2n) is 6.45. The molecule has 6 heteroatoms. The fourth-order valence-electron chi connectivity index (χ4n) is 3.28. The van der Waals surface area contributed by atoms with Gasteiger partial charge in [0, 0.05) is 29.5 Å². The number of rotatable bonds is 6. The lowest BCUT2D eigenvalue weighted by atomic mass is 10.2. The fourth-order valence-corrected chi connectivity index (χ4v) is 3.28. The summed E-state index contributed by atoms with van der Waals surface area (Å²) < 4.78 is 13.0. The van der Waals surface area contributed by atoms with E-state index in [2.05, 4.69) is 10.3 Å². The molecule has 0 aliphatic carbocycles. The zero-order valence-electron chi connectivity index (χ0n) is 15.8. The van der Waals surface area contributed by atoms with Crippen molar-refractivity contribution in [1.82, 2.24) is 14.9 Å². The molecule has 0 radical (unpaired) electrons. The number of fused-ring (bicyclic) bond motifs is 2. The second kappa shape index (κ2) is 7.60. The number of para-hydroxylation sites is 1. The number of carbonyl (C=O) groups is 1. The Morgan fingerprint density at radius 2 is 1.96 bits per heavy atom. The maximum Gasteiger partial charge on any atom is 0.268 e. The maximum atomic E-state index is 12.6. The highest BCUT2D eigenvalue weighted by molar-refractivity contribution is 5.99. The van der Waals surface area contributed by atoms with E-state index < -0.39 is 0 Å². The first kappa shape index (κ1) is 17.9. The van der Waals surface area contributed by atoms with Crippen LogP contribution in [-0.4, -0.2) is 35.7 Å². The molecular formula is C22H21N3O3. The van der Waals surface area contributed by atoms with Crippen molar-refractivity contribution < 1.29 is 14.3 Å². The molecule has 6 nitrogen and oxygen atoms in total. The molecule has 2 aromatic carbocycles. The number of hydrogen-bond acceptors (Lipinski definition) is 4. The molecule has 0 saturated heterocycles. The summed E-state index contributed by atoms with van der Waals surface area (Å²) in [6, 6.07) is 17.3. The smallest absolute Gasteiger partial charge is 0.268 e. The zero-order chi connectivity index (χ0) is 19.5. The first-order chi connectivity index (χ1) is 13.7. The Morgan fingerprint density at radius 3 is 2.82 bits per heavy atom. The number of pyridine rings is 1. The zero-order valence-corrected chi connectivity index (χ0v) is 15.8. The van der Waals surface area contributed by atoms with E-state index in [4.69, 9.17) is 9.47 Å². The van der Waals surface area contributed by atoms with Crippen LogP contribution < -0.4 is 14.8 Å². The molecule has 0 spiro atoms. The van der Waals surface area contributed by atoms with E-state index >= 15 is 0 Å². The predicted octanol–water partition coefficient (Wildman–Crippen LogP) is 3.54. The van der Waals surface area contributed by atoms with Gasteiger partial charge in [0.1, 0.15) is 29.3 Å². The van der Waals surface area contributed by atoms with Crippen LogP contribution in [0.2, 0.25) is 0 Å². The van der Waals surface area contributed by atoms with Gasteiger partial charge < -0.3 is 19.4 Å². The average molecular weight is 375 g/mol. The molecule has 0 aliphatic heterocycles. The predicted molar refractivity (Wildman–Crippen MR) is 109 cm³/mol. The van der Waals surface area contributed by atoms with Gasteiger partial charge in [0.25, 0.3) is 5.91 Å². The summed E-state index contributed by atoms with van der Waals surface area (Å²) in [4.78, 5) is 16.9. The Labute approximate surface area is 162 Å². The molecule has 4 aromatic rings. The van der Waals surface area contributed by atoms with Crippen molar-refractivity contribution in [1.29, 1.82) is 0 Å². The van der Waals surface area contributed by atoms with Gasteiger partial charge >= 0.3 is 0 Å². The number of amides is 1. The summed E-state index contributed by atoms with van der Waals surface area (Å²) in [5.41, 5.74) is 2.39. The molecule has 0 atom stereocenters. The van der Waals surface area contributed by atoms with Gasteiger partial charge in [0.15, 0.2) is 0 Å². The minimum Gasteiger partial charge on any atom is -0.497 e. The molecule has 0 bridgehead atoms. The molecule has 0 aliphatic rings. The monoisotopic (exact) mass is 375 g/mol. The van der Waals surface area contributed by atoms with Crippen molar-refractivity contribution in [3.63, 3.8) is 0 Å². The highest BCUT2D eigenvalue weighted by atomic mass is 16.5. The molecule has 0 saturated carbocycles. The fraction of sp³-hybridized carbons (Fsp3) is 0.182. The lowest BCUT2D eigenvalue weighted by molar-refractivity contribution is 0.0939.